The van der Waals surface area contributed by atoms with Crippen molar-refractivity contribution in [3.8, 4) is 17.0 Å². The first-order valence-electron chi connectivity index (χ1n) is 9.06. The van der Waals surface area contributed by atoms with Gasteiger partial charge in [-0.2, -0.15) is 0 Å². The van der Waals surface area contributed by atoms with Gasteiger partial charge >= 0.3 is 0 Å². The molecule has 0 fully saturated rings. The van der Waals surface area contributed by atoms with Crippen LogP contribution in [0.4, 0.5) is 5.69 Å². The molecule has 28 heavy (non-hydrogen) atoms. The van der Waals surface area contributed by atoms with Crippen LogP contribution in [0.2, 0.25) is 10.0 Å². The second-order valence-electron chi connectivity index (χ2n) is 6.72. The Morgan fingerprint density at radius 2 is 2.07 bits per heavy atom. The van der Waals surface area contributed by atoms with Gasteiger partial charge in [-0.3, -0.25) is 4.79 Å². The first-order valence-corrected chi connectivity index (χ1v) is 9.82. The molecule has 2 aromatic carbocycles. The molecule has 1 aliphatic heterocycles. The number of methoxy groups -OCH3 is 1. The van der Waals surface area contributed by atoms with Gasteiger partial charge in [-0.1, -0.05) is 29.3 Å². The number of ether oxygens (including phenoxy) is 1. The van der Waals surface area contributed by atoms with E-state index in [1.165, 1.54) is 0 Å². The minimum Gasteiger partial charge on any atom is -0.497 e. The largest absolute Gasteiger partial charge is 0.497 e. The first kappa shape index (κ1) is 18.8. The quantitative estimate of drug-likeness (QED) is 0.628. The van der Waals surface area contributed by atoms with Gasteiger partial charge in [0.05, 0.1) is 30.1 Å². The molecule has 7 heteroatoms. The molecule has 0 atom stereocenters. The van der Waals surface area contributed by atoms with Gasteiger partial charge in [0.15, 0.2) is 12.2 Å². The summed E-state index contributed by atoms with van der Waals surface area (Å²) in [5.41, 5.74) is 2.75. The molecule has 5 nitrogen and oxygen atoms in total. The maximum Gasteiger partial charge on any atom is 0.266 e. The number of rotatable bonds is 5. The molecule has 0 aliphatic carbocycles. The zero-order valence-electron chi connectivity index (χ0n) is 15.4. The molecule has 1 aliphatic rings. The summed E-state index contributed by atoms with van der Waals surface area (Å²) < 4.78 is 9.47. The molecule has 1 aromatic heterocycles. The number of nitrogens with zero attached hydrogens (tertiary/aromatic N) is 2. The molecule has 0 radical (unpaired) electrons. The van der Waals surface area contributed by atoms with Crippen LogP contribution >= 0.6 is 23.2 Å². The number of anilines is 1. The summed E-state index contributed by atoms with van der Waals surface area (Å²) in [6.45, 7) is 1.17. The molecule has 0 unspecified atom stereocenters. The second-order valence-corrected chi connectivity index (χ2v) is 7.54. The van der Waals surface area contributed by atoms with Crippen LogP contribution in [-0.2, 0) is 24.3 Å². The maximum absolute atomic E-state index is 12.6. The number of fused-ring (bicyclic) bond motifs is 1. The summed E-state index contributed by atoms with van der Waals surface area (Å²) in [5, 5.41) is 3.99. The van der Waals surface area contributed by atoms with Crippen molar-refractivity contribution in [1.29, 1.82) is 0 Å². The normalized spacial score (nSPS) is 12.7. The average Bonchev–Trinajstić information content (AvgIpc) is 3.28. The fourth-order valence-electron chi connectivity index (χ4n) is 3.59. The Morgan fingerprint density at radius 3 is 2.86 bits per heavy atom. The number of halogens is 2. The van der Waals surface area contributed by atoms with E-state index in [-0.39, 0.29) is 12.5 Å². The molecule has 1 N–H and O–H groups in total. The van der Waals surface area contributed by atoms with Crippen molar-refractivity contribution in [3.63, 3.8) is 0 Å². The number of aromatic nitrogens is 2. The Balaban J connectivity index is 1.58. The minimum absolute atomic E-state index is 0.0840. The Hall–Kier alpha value is -2.50. The molecule has 0 bridgehead atoms. The maximum atomic E-state index is 12.6. The van der Waals surface area contributed by atoms with E-state index in [1.807, 2.05) is 41.1 Å². The lowest BCUT2D eigenvalue weighted by Gasteiger charge is -2.06. The van der Waals surface area contributed by atoms with Gasteiger partial charge in [0, 0.05) is 17.3 Å². The van der Waals surface area contributed by atoms with Crippen molar-refractivity contribution in [2.45, 2.75) is 25.9 Å². The third-order valence-corrected chi connectivity index (χ3v) is 5.62. The van der Waals surface area contributed by atoms with Crippen LogP contribution in [0.3, 0.4) is 0 Å². The number of imidazole rings is 1. The summed E-state index contributed by atoms with van der Waals surface area (Å²) in [5.74, 6) is 1.76. The van der Waals surface area contributed by atoms with E-state index in [0.717, 1.165) is 36.5 Å². The predicted molar refractivity (Wildman–Crippen MR) is 110 cm³/mol. The monoisotopic (exact) mass is 416 g/mol. The summed E-state index contributed by atoms with van der Waals surface area (Å²) in [6, 6.07) is 13.0. The van der Waals surface area contributed by atoms with E-state index in [4.69, 9.17) is 27.9 Å². The summed E-state index contributed by atoms with van der Waals surface area (Å²) in [7, 11) is 1.60. The third kappa shape index (κ3) is 3.73. The van der Waals surface area contributed by atoms with Crippen molar-refractivity contribution in [2.75, 3.05) is 12.4 Å². The van der Waals surface area contributed by atoms with Gasteiger partial charge in [0.2, 0.25) is 0 Å². The van der Waals surface area contributed by atoms with Crippen molar-refractivity contribution < 1.29 is 14.1 Å². The van der Waals surface area contributed by atoms with Crippen molar-refractivity contribution in [3.05, 3.63) is 64.5 Å². The summed E-state index contributed by atoms with van der Waals surface area (Å²) >= 11 is 12.3. The van der Waals surface area contributed by atoms with Crippen LogP contribution in [0, 0.1) is 0 Å². The van der Waals surface area contributed by atoms with E-state index < -0.39 is 0 Å². The van der Waals surface area contributed by atoms with Crippen LogP contribution < -0.4 is 14.6 Å². The molecular formula is C21H20Cl2N3O2+. The lowest BCUT2D eigenvalue weighted by Crippen LogP contribution is -2.42. The molecule has 0 saturated carbocycles. The van der Waals surface area contributed by atoms with E-state index >= 15 is 0 Å². The fourth-order valence-corrected chi connectivity index (χ4v) is 3.89. The number of nitrogens with one attached hydrogen (secondary N) is 1. The zero-order chi connectivity index (χ0) is 19.7. The standard InChI is InChI=1S/C21H19Cl2N3O2/c1-28-16-5-2-4-15(11-16)24-20(27)13-25-12-19(26-9-3-6-21(25)26)14-7-8-17(22)18(23)10-14/h2,4-5,7-8,10-12H,3,6,9,13H2,1H3/p+1. The van der Waals surface area contributed by atoms with Gasteiger partial charge in [0.1, 0.15) is 11.9 Å². The highest BCUT2D eigenvalue weighted by Crippen LogP contribution is 2.30. The van der Waals surface area contributed by atoms with Crippen LogP contribution in [-0.4, -0.2) is 17.6 Å². The number of carbonyl (C=O) groups is 1. The van der Waals surface area contributed by atoms with Gasteiger partial charge in [-0.25, -0.2) is 9.13 Å². The number of hydrogen-bond donors (Lipinski definition) is 1. The van der Waals surface area contributed by atoms with E-state index in [0.29, 0.717) is 21.5 Å². The molecular weight excluding hydrogens is 397 g/mol. The Bertz CT molecular complexity index is 1050. The second kappa shape index (κ2) is 7.86. The molecule has 4 rings (SSSR count). The van der Waals surface area contributed by atoms with Crippen molar-refractivity contribution in [1.82, 2.24) is 4.57 Å². The number of carbonyl (C=O) groups excluding carboxylic acids is 1. The Labute approximate surface area is 173 Å². The number of benzene rings is 2. The lowest BCUT2D eigenvalue weighted by atomic mass is 10.1. The first-order chi connectivity index (χ1) is 13.5. The SMILES string of the molecule is COc1cccc(NC(=O)C[n+]2cc(-c3ccc(Cl)c(Cl)c3)n3c2CCC3)c1. The topological polar surface area (TPSA) is 47.1 Å². The summed E-state index contributed by atoms with van der Waals surface area (Å²) in [4.78, 5) is 12.6. The van der Waals surface area contributed by atoms with Gasteiger partial charge in [0.25, 0.3) is 11.7 Å². The van der Waals surface area contributed by atoms with Crippen molar-refractivity contribution in [2.24, 2.45) is 0 Å². The van der Waals surface area contributed by atoms with Crippen LogP contribution in [0.25, 0.3) is 11.3 Å². The Kier molecular flexibility index (Phi) is 5.29. The smallest absolute Gasteiger partial charge is 0.266 e. The van der Waals surface area contributed by atoms with Crippen molar-refractivity contribution >= 4 is 34.8 Å². The molecule has 144 valence electrons. The fraction of sp³-hybridized carbons (Fsp3) is 0.238. The molecule has 2 heterocycles. The van der Waals surface area contributed by atoms with Crippen LogP contribution in [0.1, 0.15) is 12.2 Å². The van der Waals surface area contributed by atoms with Crippen LogP contribution in [0.5, 0.6) is 5.75 Å². The van der Waals surface area contributed by atoms with Crippen LogP contribution in [0.15, 0.2) is 48.7 Å². The molecule has 3 aromatic rings. The van der Waals surface area contributed by atoms with Gasteiger partial charge < -0.3 is 10.1 Å². The molecule has 0 saturated heterocycles. The number of hydrogen-bond acceptors (Lipinski definition) is 2. The number of amides is 1. The lowest BCUT2D eigenvalue weighted by molar-refractivity contribution is -0.690. The van der Waals surface area contributed by atoms with E-state index in [2.05, 4.69) is 9.88 Å². The highest BCUT2D eigenvalue weighted by atomic mass is 35.5. The minimum atomic E-state index is -0.0840. The molecule has 0 spiro atoms. The highest BCUT2D eigenvalue weighted by Gasteiger charge is 2.29. The highest BCUT2D eigenvalue weighted by molar-refractivity contribution is 6.42. The summed E-state index contributed by atoms with van der Waals surface area (Å²) in [6.07, 6.45) is 4.01. The van der Waals surface area contributed by atoms with E-state index in [9.17, 15) is 4.79 Å². The Morgan fingerprint density at radius 1 is 1.21 bits per heavy atom. The van der Waals surface area contributed by atoms with Gasteiger partial charge in [-0.05, 0) is 36.8 Å². The van der Waals surface area contributed by atoms with E-state index in [1.54, 1.807) is 19.2 Å². The van der Waals surface area contributed by atoms with Gasteiger partial charge in [-0.15, -0.1) is 0 Å². The predicted octanol–water partition coefficient (Wildman–Crippen LogP) is 4.34. The zero-order valence-corrected chi connectivity index (χ0v) is 16.9. The molecule has 1 amide bonds. The average molecular weight is 417 g/mol. The third-order valence-electron chi connectivity index (χ3n) is 4.88.